The largest absolute Gasteiger partial charge is 0.386 e. The molecule has 0 bridgehead atoms. The Morgan fingerprint density at radius 3 is 2.86 bits per heavy atom. The third-order valence-electron chi connectivity index (χ3n) is 4.50. The summed E-state index contributed by atoms with van der Waals surface area (Å²) in [7, 11) is 1.71. The third kappa shape index (κ3) is 4.61. The summed E-state index contributed by atoms with van der Waals surface area (Å²) < 4.78 is 3.03. The fourth-order valence-electron chi connectivity index (χ4n) is 2.94. The molecule has 0 aliphatic rings. The van der Waals surface area contributed by atoms with Crippen molar-refractivity contribution in [1.82, 2.24) is 25.2 Å². The molecule has 0 aliphatic carbocycles. The van der Waals surface area contributed by atoms with Crippen molar-refractivity contribution < 1.29 is 5.11 Å². The highest BCUT2D eigenvalue weighted by atomic mass is 32.1. The van der Waals surface area contributed by atoms with Crippen LogP contribution in [-0.4, -0.2) is 39.2 Å². The van der Waals surface area contributed by atoms with Crippen molar-refractivity contribution in [2.45, 2.75) is 12.6 Å². The van der Waals surface area contributed by atoms with Gasteiger partial charge in [0.05, 0.1) is 0 Å². The van der Waals surface area contributed by atoms with E-state index in [-0.39, 0.29) is 0 Å². The van der Waals surface area contributed by atoms with Gasteiger partial charge in [0.25, 0.3) is 0 Å². The van der Waals surface area contributed by atoms with Crippen LogP contribution >= 0.6 is 11.3 Å². The van der Waals surface area contributed by atoms with Crippen molar-refractivity contribution >= 4 is 27.4 Å². The third-order valence-corrected chi connectivity index (χ3v) is 5.71. The standard InChI is InChI=1S/C21H22N6OS/c1-22-21(25-12-15-6-7-20(24-11-15)27-9-8-23-14-27)26-13-17(28)19-10-16-4-2-3-5-18(16)29-19/h2-11,14,17,28H,12-13H2,1H3,(H2,22,25,26). The van der Waals surface area contributed by atoms with Crippen molar-refractivity contribution in [3.05, 3.63) is 77.8 Å². The summed E-state index contributed by atoms with van der Waals surface area (Å²) in [6.07, 6.45) is 6.52. The van der Waals surface area contributed by atoms with Gasteiger partial charge in [0, 0.05) is 48.3 Å². The Morgan fingerprint density at radius 1 is 1.24 bits per heavy atom. The number of aliphatic imine (C=N–C) groups is 1. The van der Waals surface area contributed by atoms with Gasteiger partial charge in [-0.25, -0.2) is 9.97 Å². The molecule has 0 saturated heterocycles. The van der Waals surface area contributed by atoms with Crippen LogP contribution in [-0.2, 0) is 6.54 Å². The number of imidazole rings is 1. The minimum Gasteiger partial charge on any atom is -0.386 e. The number of benzene rings is 1. The Morgan fingerprint density at radius 2 is 2.14 bits per heavy atom. The lowest BCUT2D eigenvalue weighted by Gasteiger charge is -2.14. The first-order chi connectivity index (χ1) is 14.2. The molecule has 0 spiro atoms. The zero-order chi connectivity index (χ0) is 20.1. The quantitative estimate of drug-likeness (QED) is 0.339. The van der Waals surface area contributed by atoms with E-state index in [1.54, 1.807) is 30.9 Å². The van der Waals surface area contributed by atoms with Gasteiger partial charge in [0.15, 0.2) is 5.96 Å². The van der Waals surface area contributed by atoms with Crippen LogP contribution < -0.4 is 10.6 Å². The van der Waals surface area contributed by atoms with Crippen LogP contribution in [0.5, 0.6) is 0 Å². The van der Waals surface area contributed by atoms with Crippen molar-refractivity contribution in [3.63, 3.8) is 0 Å². The molecule has 3 N–H and O–H groups in total. The molecular weight excluding hydrogens is 384 g/mol. The number of aliphatic hydroxyl groups excluding tert-OH is 1. The molecular formula is C21H22N6OS. The van der Waals surface area contributed by atoms with Crippen LogP contribution in [0.3, 0.4) is 0 Å². The number of fused-ring (bicyclic) bond motifs is 1. The normalized spacial score (nSPS) is 12.8. The second kappa shape index (κ2) is 8.85. The second-order valence-corrected chi connectivity index (χ2v) is 7.62. The van der Waals surface area contributed by atoms with E-state index in [2.05, 4.69) is 37.7 Å². The Labute approximate surface area is 172 Å². The molecule has 0 amide bonds. The molecule has 0 radical (unpaired) electrons. The van der Waals surface area contributed by atoms with Gasteiger partial charge in [0.2, 0.25) is 0 Å². The first-order valence-corrected chi connectivity index (χ1v) is 10.1. The van der Waals surface area contributed by atoms with E-state index in [1.165, 1.54) is 4.70 Å². The van der Waals surface area contributed by atoms with E-state index in [4.69, 9.17) is 0 Å². The fraction of sp³-hybridized carbons (Fsp3) is 0.190. The fourth-order valence-corrected chi connectivity index (χ4v) is 3.99. The number of aliphatic hydroxyl groups is 1. The lowest BCUT2D eigenvalue weighted by Crippen LogP contribution is -2.38. The van der Waals surface area contributed by atoms with Crippen LogP contribution in [0, 0.1) is 0 Å². The predicted molar refractivity (Wildman–Crippen MR) is 116 cm³/mol. The van der Waals surface area contributed by atoms with Crippen LogP contribution in [0.1, 0.15) is 16.5 Å². The lowest BCUT2D eigenvalue weighted by molar-refractivity contribution is 0.184. The zero-order valence-corrected chi connectivity index (χ0v) is 16.8. The van der Waals surface area contributed by atoms with E-state index < -0.39 is 6.10 Å². The number of aromatic nitrogens is 3. The number of nitrogens with one attached hydrogen (secondary N) is 2. The maximum absolute atomic E-state index is 10.5. The predicted octanol–water partition coefficient (Wildman–Crippen LogP) is 2.88. The summed E-state index contributed by atoms with van der Waals surface area (Å²) in [5.41, 5.74) is 1.03. The van der Waals surface area contributed by atoms with E-state index in [9.17, 15) is 5.11 Å². The summed E-state index contributed by atoms with van der Waals surface area (Å²) in [6, 6.07) is 14.1. The molecule has 3 aromatic heterocycles. The van der Waals surface area contributed by atoms with Gasteiger partial charge in [-0.1, -0.05) is 24.3 Å². The molecule has 1 aromatic carbocycles. The number of guanidine groups is 1. The maximum Gasteiger partial charge on any atom is 0.191 e. The average molecular weight is 407 g/mol. The minimum atomic E-state index is -0.595. The average Bonchev–Trinajstić information content (AvgIpc) is 3.44. The maximum atomic E-state index is 10.5. The Kier molecular flexibility index (Phi) is 5.83. The minimum absolute atomic E-state index is 0.379. The van der Waals surface area contributed by atoms with E-state index in [0.717, 1.165) is 21.6 Å². The Balaban J connectivity index is 1.30. The highest BCUT2D eigenvalue weighted by molar-refractivity contribution is 7.19. The topological polar surface area (TPSA) is 87.4 Å². The smallest absolute Gasteiger partial charge is 0.191 e. The Bertz CT molecular complexity index is 1060. The number of nitrogens with zero attached hydrogens (tertiary/aromatic N) is 4. The second-order valence-electron chi connectivity index (χ2n) is 6.50. The van der Waals surface area contributed by atoms with Gasteiger partial charge >= 0.3 is 0 Å². The number of hydrogen-bond acceptors (Lipinski definition) is 5. The summed E-state index contributed by atoms with van der Waals surface area (Å²) in [4.78, 5) is 13.6. The van der Waals surface area contributed by atoms with Crippen molar-refractivity contribution in [1.29, 1.82) is 0 Å². The van der Waals surface area contributed by atoms with Crippen molar-refractivity contribution in [2.24, 2.45) is 4.99 Å². The molecule has 1 unspecified atom stereocenters. The monoisotopic (exact) mass is 406 g/mol. The molecule has 0 fully saturated rings. The molecule has 0 saturated carbocycles. The molecule has 1 atom stereocenters. The van der Waals surface area contributed by atoms with Gasteiger partial charge in [-0.3, -0.25) is 9.56 Å². The van der Waals surface area contributed by atoms with Gasteiger partial charge in [-0.15, -0.1) is 11.3 Å². The Hall–Kier alpha value is -3.23. The summed E-state index contributed by atoms with van der Waals surface area (Å²) in [5, 5.41) is 18.1. The zero-order valence-electron chi connectivity index (χ0n) is 16.0. The van der Waals surface area contributed by atoms with Gasteiger partial charge in [0.1, 0.15) is 18.2 Å². The molecule has 4 rings (SSSR count). The number of pyridine rings is 1. The highest BCUT2D eigenvalue weighted by Gasteiger charge is 2.12. The van der Waals surface area contributed by atoms with Gasteiger partial charge < -0.3 is 15.7 Å². The highest BCUT2D eigenvalue weighted by Crippen LogP contribution is 2.29. The van der Waals surface area contributed by atoms with Gasteiger partial charge in [-0.05, 0) is 29.1 Å². The number of thiophene rings is 1. The number of rotatable bonds is 6. The van der Waals surface area contributed by atoms with Crippen molar-refractivity contribution in [2.75, 3.05) is 13.6 Å². The number of hydrogen-bond donors (Lipinski definition) is 3. The molecule has 7 nitrogen and oxygen atoms in total. The molecule has 8 heteroatoms. The summed E-state index contributed by atoms with van der Waals surface area (Å²) >= 11 is 1.61. The molecule has 4 aromatic rings. The SMILES string of the molecule is CN=C(NCc1ccc(-n2ccnc2)nc1)NCC(O)c1cc2ccccc2s1. The first-order valence-electron chi connectivity index (χ1n) is 9.27. The van der Waals surface area contributed by atoms with Crippen molar-refractivity contribution in [3.8, 4) is 5.82 Å². The van der Waals surface area contributed by atoms with Crippen LogP contribution in [0.2, 0.25) is 0 Å². The van der Waals surface area contributed by atoms with Crippen LogP contribution in [0.15, 0.2) is 72.4 Å². The summed E-state index contributed by atoms with van der Waals surface area (Å²) in [5.74, 6) is 1.45. The molecule has 29 heavy (non-hydrogen) atoms. The van der Waals surface area contributed by atoms with E-state index >= 15 is 0 Å². The summed E-state index contributed by atoms with van der Waals surface area (Å²) in [6.45, 7) is 0.959. The van der Waals surface area contributed by atoms with E-state index in [1.807, 2.05) is 47.3 Å². The molecule has 0 aliphatic heterocycles. The van der Waals surface area contributed by atoms with Crippen LogP contribution in [0.4, 0.5) is 0 Å². The molecule has 3 heterocycles. The van der Waals surface area contributed by atoms with Crippen LogP contribution in [0.25, 0.3) is 15.9 Å². The molecule has 148 valence electrons. The lowest BCUT2D eigenvalue weighted by atomic mass is 10.2. The van der Waals surface area contributed by atoms with Gasteiger partial charge in [-0.2, -0.15) is 0 Å². The first kappa shape index (κ1) is 19.1. The van der Waals surface area contributed by atoms with E-state index in [0.29, 0.717) is 19.0 Å².